The lowest BCUT2D eigenvalue weighted by molar-refractivity contribution is 0.102. The SMILES string of the molecule is COc1cc(-c2ccc3sc(NCc4ccc(C(=O)Nc5ccccc5N)cc4)nc3c2)cc(OC)c1OC. The molecule has 0 spiro atoms. The third-order valence-corrected chi connectivity index (χ3v) is 7.25. The number of benzene rings is 4. The normalized spacial score (nSPS) is 10.7. The van der Waals surface area contributed by atoms with E-state index in [1.54, 1.807) is 56.9 Å². The molecule has 1 heterocycles. The van der Waals surface area contributed by atoms with Crippen LogP contribution >= 0.6 is 11.3 Å². The molecule has 0 radical (unpaired) electrons. The van der Waals surface area contributed by atoms with E-state index >= 15 is 0 Å². The fraction of sp³-hybridized carbons (Fsp3) is 0.133. The summed E-state index contributed by atoms with van der Waals surface area (Å²) in [6, 6.07) is 24.6. The molecule has 0 aliphatic rings. The standard InChI is InChI=1S/C30H28N4O4S/c1-36-25-15-21(16-26(37-2)28(25)38-3)20-12-13-27-24(14-20)34-30(39-27)32-17-18-8-10-19(11-9-18)29(35)33-23-7-5-4-6-22(23)31/h4-16H,17,31H2,1-3H3,(H,32,34)(H,33,35). The van der Waals surface area contributed by atoms with Crippen LogP contribution in [0.1, 0.15) is 15.9 Å². The zero-order valence-corrected chi connectivity index (χ0v) is 22.6. The molecule has 9 heteroatoms. The average molecular weight is 541 g/mol. The fourth-order valence-electron chi connectivity index (χ4n) is 4.19. The van der Waals surface area contributed by atoms with Gasteiger partial charge in [-0.25, -0.2) is 4.98 Å². The summed E-state index contributed by atoms with van der Waals surface area (Å²) in [5, 5.41) is 7.05. The number of nitrogens with one attached hydrogen (secondary N) is 2. The summed E-state index contributed by atoms with van der Waals surface area (Å²) in [4.78, 5) is 17.4. The zero-order chi connectivity index (χ0) is 27.4. The second-order valence-electron chi connectivity index (χ2n) is 8.71. The summed E-state index contributed by atoms with van der Waals surface area (Å²) in [5.41, 5.74) is 11.4. The summed E-state index contributed by atoms with van der Waals surface area (Å²) in [6.07, 6.45) is 0. The van der Waals surface area contributed by atoms with Gasteiger partial charge in [-0.2, -0.15) is 0 Å². The van der Waals surface area contributed by atoms with Crippen molar-refractivity contribution in [1.29, 1.82) is 0 Å². The van der Waals surface area contributed by atoms with Crippen molar-refractivity contribution in [2.45, 2.75) is 6.54 Å². The van der Waals surface area contributed by atoms with Gasteiger partial charge in [0.05, 0.1) is 42.9 Å². The Morgan fingerprint density at radius 2 is 1.59 bits per heavy atom. The van der Waals surface area contributed by atoms with Crippen molar-refractivity contribution in [3.8, 4) is 28.4 Å². The van der Waals surface area contributed by atoms with Crippen LogP contribution in [0.15, 0.2) is 78.9 Å². The number of ether oxygens (including phenoxy) is 3. The molecule has 0 saturated carbocycles. The number of fused-ring (bicyclic) bond motifs is 1. The predicted octanol–water partition coefficient (Wildman–Crippen LogP) is 6.44. The van der Waals surface area contributed by atoms with Crippen molar-refractivity contribution in [2.75, 3.05) is 37.7 Å². The first kappa shape index (κ1) is 25.9. The van der Waals surface area contributed by atoms with Crippen LogP contribution in [0.2, 0.25) is 0 Å². The number of nitrogens with zero attached hydrogens (tertiary/aromatic N) is 1. The molecule has 1 amide bonds. The van der Waals surface area contributed by atoms with E-state index in [0.717, 1.165) is 32.0 Å². The molecule has 5 aromatic rings. The van der Waals surface area contributed by atoms with Crippen LogP contribution in [0.25, 0.3) is 21.3 Å². The predicted molar refractivity (Wildman–Crippen MR) is 157 cm³/mol. The molecule has 198 valence electrons. The zero-order valence-electron chi connectivity index (χ0n) is 21.8. The summed E-state index contributed by atoms with van der Waals surface area (Å²) in [5.74, 6) is 1.54. The van der Waals surface area contributed by atoms with Crippen LogP contribution in [-0.4, -0.2) is 32.2 Å². The van der Waals surface area contributed by atoms with Gasteiger partial charge in [-0.3, -0.25) is 4.79 Å². The third-order valence-electron chi connectivity index (χ3n) is 6.25. The van der Waals surface area contributed by atoms with E-state index in [0.29, 0.717) is 40.7 Å². The quantitative estimate of drug-likeness (QED) is 0.185. The number of hydrogen-bond donors (Lipinski definition) is 3. The Morgan fingerprint density at radius 3 is 2.26 bits per heavy atom. The second-order valence-corrected chi connectivity index (χ2v) is 9.74. The van der Waals surface area contributed by atoms with Gasteiger partial charge in [0.2, 0.25) is 5.75 Å². The van der Waals surface area contributed by atoms with E-state index < -0.39 is 0 Å². The lowest BCUT2D eigenvalue weighted by Gasteiger charge is -2.14. The van der Waals surface area contributed by atoms with Crippen molar-refractivity contribution >= 4 is 44.0 Å². The van der Waals surface area contributed by atoms with E-state index in [1.807, 2.05) is 42.5 Å². The molecule has 5 rings (SSSR count). The number of nitrogens with two attached hydrogens (primary N) is 1. The number of rotatable bonds is 9. The van der Waals surface area contributed by atoms with Crippen molar-refractivity contribution in [3.63, 3.8) is 0 Å². The van der Waals surface area contributed by atoms with E-state index in [9.17, 15) is 4.79 Å². The first-order chi connectivity index (χ1) is 19.0. The molecule has 0 aliphatic carbocycles. The molecule has 39 heavy (non-hydrogen) atoms. The third kappa shape index (κ3) is 5.58. The number of anilines is 3. The highest BCUT2D eigenvalue weighted by atomic mass is 32.1. The van der Waals surface area contributed by atoms with Crippen molar-refractivity contribution in [1.82, 2.24) is 4.98 Å². The number of para-hydroxylation sites is 2. The Hall–Kier alpha value is -4.76. The average Bonchev–Trinajstić information content (AvgIpc) is 3.39. The van der Waals surface area contributed by atoms with Gasteiger partial charge < -0.3 is 30.6 Å². The molecular weight excluding hydrogens is 512 g/mol. The van der Waals surface area contributed by atoms with Crippen molar-refractivity contribution < 1.29 is 19.0 Å². The molecule has 4 N–H and O–H groups in total. The molecule has 0 aliphatic heterocycles. The lowest BCUT2D eigenvalue weighted by Crippen LogP contribution is -2.13. The number of nitrogen functional groups attached to an aromatic ring is 1. The van der Waals surface area contributed by atoms with E-state index in [-0.39, 0.29) is 5.91 Å². The number of carbonyl (C=O) groups is 1. The van der Waals surface area contributed by atoms with Gasteiger partial charge in [-0.15, -0.1) is 0 Å². The highest BCUT2D eigenvalue weighted by molar-refractivity contribution is 7.22. The van der Waals surface area contributed by atoms with Crippen LogP contribution in [0.5, 0.6) is 17.2 Å². The summed E-state index contributed by atoms with van der Waals surface area (Å²) in [6.45, 7) is 0.576. The van der Waals surface area contributed by atoms with Gasteiger partial charge in [0.15, 0.2) is 16.6 Å². The Morgan fingerprint density at radius 1 is 0.872 bits per heavy atom. The maximum atomic E-state index is 12.6. The number of amides is 1. The Bertz CT molecular complexity index is 1610. The minimum absolute atomic E-state index is 0.207. The highest BCUT2D eigenvalue weighted by Crippen LogP contribution is 2.42. The monoisotopic (exact) mass is 540 g/mol. The van der Waals surface area contributed by atoms with Crippen LogP contribution in [-0.2, 0) is 6.54 Å². The molecule has 0 atom stereocenters. The van der Waals surface area contributed by atoms with E-state index in [4.69, 9.17) is 24.9 Å². The van der Waals surface area contributed by atoms with Gasteiger partial charge >= 0.3 is 0 Å². The molecule has 0 unspecified atom stereocenters. The number of methoxy groups -OCH3 is 3. The first-order valence-electron chi connectivity index (χ1n) is 12.2. The van der Waals surface area contributed by atoms with Gasteiger partial charge in [-0.05, 0) is 65.2 Å². The summed E-state index contributed by atoms with van der Waals surface area (Å²) in [7, 11) is 4.79. The van der Waals surface area contributed by atoms with E-state index in [2.05, 4.69) is 22.8 Å². The van der Waals surface area contributed by atoms with Crippen LogP contribution in [0, 0.1) is 0 Å². The largest absolute Gasteiger partial charge is 0.493 e. The van der Waals surface area contributed by atoms with Gasteiger partial charge in [0, 0.05) is 12.1 Å². The van der Waals surface area contributed by atoms with Gasteiger partial charge in [0.1, 0.15) is 0 Å². The number of hydrogen-bond acceptors (Lipinski definition) is 8. The molecule has 0 fully saturated rings. The summed E-state index contributed by atoms with van der Waals surface area (Å²) < 4.78 is 17.5. The number of aromatic nitrogens is 1. The Kier molecular flexibility index (Phi) is 7.51. The van der Waals surface area contributed by atoms with Crippen LogP contribution in [0.4, 0.5) is 16.5 Å². The smallest absolute Gasteiger partial charge is 0.255 e. The minimum atomic E-state index is -0.207. The molecule has 8 nitrogen and oxygen atoms in total. The number of carbonyl (C=O) groups excluding carboxylic acids is 1. The van der Waals surface area contributed by atoms with E-state index in [1.165, 1.54) is 0 Å². The van der Waals surface area contributed by atoms with Crippen LogP contribution in [0.3, 0.4) is 0 Å². The molecular formula is C30H28N4O4S. The minimum Gasteiger partial charge on any atom is -0.493 e. The summed E-state index contributed by atoms with van der Waals surface area (Å²) >= 11 is 1.58. The molecule has 0 saturated heterocycles. The lowest BCUT2D eigenvalue weighted by atomic mass is 10.0. The maximum Gasteiger partial charge on any atom is 0.255 e. The maximum absolute atomic E-state index is 12.6. The Labute approximate surface area is 230 Å². The van der Waals surface area contributed by atoms with Crippen molar-refractivity contribution in [3.05, 3.63) is 90.0 Å². The fourth-order valence-corrected chi connectivity index (χ4v) is 5.03. The molecule has 1 aromatic heterocycles. The molecule has 0 bridgehead atoms. The van der Waals surface area contributed by atoms with Crippen molar-refractivity contribution in [2.24, 2.45) is 0 Å². The highest BCUT2D eigenvalue weighted by Gasteiger charge is 2.15. The van der Waals surface area contributed by atoms with Gasteiger partial charge in [0.25, 0.3) is 5.91 Å². The molecule has 4 aromatic carbocycles. The first-order valence-corrected chi connectivity index (χ1v) is 13.0. The topological polar surface area (TPSA) is 108 Å². The second kappa shape index (κ2) is 11.3. The van der Waals surface area contributed by atoms with Crippen LogP contribution < -0.4 is 30.6 Å². The number of thiazole rings is 1. The Balaban J connectivity index is 1.27. The van der Waals surface area contributed by atoms with Gasteiger partial charge in [-0.1, -0.05) is 41.7 Å².